The lowest BCUT2D eigenvalue weighted by Crippen LogP contribution is -2.51. The second kappa shape index (κ2) is 21.7. The predicted octanol–water partition coefficient (Wildman–Crippen LogP) is 10.2. The number of pyridine rings is 1. The van der Waals surface area contributed by atoms with Crippen molar-refractivity contribution in [2.75, 3.05) is 14.2 Å². The van der Waals surface area contributed by atoms with E-state index in [1.807, 2.05) is 39.4 Å². The Morgan fingerprint density at radius 3 is 2.21 bits per heavy atom. The van der Waals surface area contributed by atoms with Crippen LogP contribution in [-0.4, -0.2) is 25.4 Å². The van der Waals surface area contributed by atoms with Crippen LogP contribution in [0.15, 0.2) is 114 Å². The fourth-order valence-electron chi connectivity index (χ4n) is 5.53. The van der Waals surface area contributed by atoms with Gasteiger partial charge >= 0.3 is 0 Å². The minimum Gasteiger partial charge on any atom is -0.388 e. The van der Waals surface area contributed by atoms with Crippen molar-refractivity contribution in [3.8, 4) is 0 Å². The van der Waals surface area contributed by atoms with Crippen LogP contribution in [0.4, 0.5) is 4.39 Å². The zero-order chi connectivity index (χ0) is 35.3. The van der Waals surface area contributed by atoms with E-state index in [1.165, 1.54) is 29.5 Å². The second-order valence-electron chi connectivity index (χ2n) is 11.8. The highest BCUT2D eigenvalue weighted by atomic mass is 19.1. The molecule has 4 rings (SSSR count). The molecule has 0 bridgehead atoms. The fourth-order valence-corrected chi connectivity index (χ4v) is 5.53. The lowest BCUT2D eigenvalue weighted by atomic mass is 9.82. The number of likely N-dealkylation sites (N-methyl/N-ethyl adjacent to an activating group) is 1. The monoisotopic (exact) mass is 641 g/mol. The van der Waals surface area contributed by atoms with Crippen molar-refractivity contribution >= 4 is 11.8 Å². The van der Waals surface area contributed by atoms with E-state index in [0.717, 1.165) is 35.4 Å². The van der Waals surface area contributed by atoms with Crippen LogP contribution in [0.5, 0.6) is 0 Å². The summed E-state index contributed by atoms with van der Waals surface area (Å²) < 4.78 is 9.50. The van der Waals surface area contributed by atoms with E-state index in [2.05, 4.69) is 142 Å². The maximum Gasteiger partial charge on any atom is 0.0785 e. The van der Waals surface area contributed by atoms with Gasteiger partial charge in [0.25, 0.3) is 0 Å². The Morgan fingerprint density at radius 1 is 1.02 bits per heavy atom. The highest BCUT2D eigenvalue weighted by Gasteiger charge is 2.36. The molecular formula is C41H60FN5. The van der Waals surface area contributed by atoms with Crippen molar-refractivity contribution < 1.29 is 4.39 Å². The van der Waals surface area contributed by atoms with Crippen molar-refractivity contribution in [1.29, 1.82) is 0 Å². The number of aromatic nitrogens is 1. The van der Waals surface area contributed by atoms with E-state index < -0.39 is 0 Å². The molecule has 5 nitrogen and oxygen atoms in total. The smallest absolute Gasteiger partial charge is 0.0785 e. The highest BCUT2D eigenvalue weighted by molar-refractivity contribution is 5.84. The summed E-state index contributed by atoms with van der Waals surface area (Å²) in [6.07, 6.45) is 25.0. The van der Waals surface area contributed by atoms with Crippen molar-refractivity contribution in [3.63, 3.8) is 0 Å². The van der Waals surface area contributed by atoms with E-state index in [9.17, 15) is 4.39 Å². The van der Waals surface area contributed by atoms with Gasteiger partial charge in [0.15, 0.2) is 0 Å². The van der Waals surface area contributed by atoms with Crippen LogP contribution >= 0.6 is 0 Å². The summed E-state index contributed by atoms with van der Waals surface area (Å²) in [4.78, 5) is 4.73. The molecule has 0 radical (unpaired) electrons. The molecule has 0 saturated carbocycles. The summed E-state index contributed by atoms with van der Waals surface area (Å²) in [5, 5.41) is 11.5. The fraction of sp³-hybridized carbons (Fsp3) is 0.415. The minimum absolute atomic E-state index is 0.190. The summed E-state index contributed by atoms with van der Waals surface area (Å²) in [5.74, 6) is 0.190. The Morgan fingerprint density at radius 2 is 1.68 bits per heavy atom. The van der Waals surface area contributed by atoms with Crippen molar-refractivity contribution in [3.05, 3.63) is 132 Å². The van der Waals surface area contributed by atoms with Gasteiger partial charge in [0.05, 0.1) is 24.6 Å². The molecule has 6 heteroatoms. The van der Waals surface area contributed by atoms with Crippen LogP contribution in [0.25, 0.3) is 5.57 Å². The quantitative estimate of drug-likeness (QED) is 0.255. The molecule has 47 heavy (non-hydrogen) atoms. The molecule has 2 aromatic rings. The van der Waals surface area contributed by atoms with Crippen LogP contribution in [0.2, 0.25) is 0 Å². The molecule has 0 saturated heterocycles. The summed E-state index contributed by atoms with van der Waals surface area (Å²) >= 11 is 0. The third-order valence-electron chi connectivity index (χ3n) is 8.22. The topological polar surface area (TPSA) is 61.3 Å². The highest BCUT2D eigenvalue weighted by Crippen LogP contribution is 2.35. The van der Waals surface area contributed by atoms with Crippen molar-refractivity contribution in [1.82, 2.24) is 21.0 Å². The standard InChI is InChI=1S/C32H43N5.C6H8.C2H6.CH3F/c1-9-32(10-2,30-13-11-12-17-34-30)37-31(6,7)28-15-14-24(4)29(21-28)26-16-18-35-36-22-27(25(5)33-8)20-23(3)19-26;1-2-4-6-5-3-1;2*1-2/h11-23,33,35,37H,5,9-10H2,1-4,6-8H3;1-4H,5-6H2;1-2H3;1H3/b18-16-,26-19+,27-20?,36-22-;;;. The third-order valence-corrected chi connectivity index (χ3v) is 8.22. The lowest BCUT2D eigenvalue weighted by molar-refractivity contribution is 0.211. The zero-order valence-electron chi connectivity index (χ0n) is 30.6. The molecule has 1 aromatic carbocycles. The van der Waals surface area contributed by atoms with Gasteiger partial charge in [-0.1, -0.05) is 95.9 Å². The number of hydrazone groups is 1. The third kappa shape index (κ3) is 12.6. The molecule has 1 aromatic heterocycles. The first-order chi connectivity index (χ1) is 22.7. The average Bonchev–Trinajstić information content (AvgIpc) is 3.12. The molecule has 1 atom stereocenters. The molecule has 0 amide bonds. The van der Waals surface area contributed by atoms with E-state index in [-0.39, 0.29) is 17.0 Å². The summed E-state index contributed by atoms with van der Waals surface area (Å²) in [7, 11) is 2.37. The average molecular weight is 642 g/mol. The van der Waals surface area contributed by atoms with Crippen molar-refractivity contribution in [2.45, 2.75) is 92.2 Å². The number of allylic oxidation sites excluding steroid dienone is 9. The number of hydrogen-bond donors (Lipinski definition) is 3. The SMILES string of the molecule is C1=CCCC=C1.C=C(NC)C1=CC(C)/C=C(c2cc(C(C)(C)NC(CC)(CC)c3ccccn3)ccc2C)\C=C/N/N=C\1.CC.CF. The molecule has 3 N–H and O–H groups in total. The van der Waals surface area contributed by atoms with Gasteiger partial charge < -0.3 is 5.32 Å². The van der Waals surface area contributed by atoms with Crippen LogP contribution in [-0.2, 0) is 11.1 Å². The number of benzene rings is 1. The number of aryl methyl sites for hydroxylation is 1. The van der Waals surface area contributed by atoms with Crippen LogP contribution in [0.3, 0.4) is 0 Å². The molecule has 1 aliphatic carbocycles. The Hall–Kier alpha value is -4.03. The number of rotatable bonds is 9. The van der Waals surface area contributed by atoms with E-state index in [0.29, 0.717) is 7.18 Å². The minimum atomic E-state index is -0.280. The van der Waals surface area contributed by atoms with Crippen LogP contribution < -0.4 is 16.1 Å². The number of alkyl halides is 1. The molecular weight excluding hydrogens is 581 g/mol. The first-order valence-electron chi connectivity index (χ1n) is 16.9. The largest absolute Gasteiger partial charge is 0.388 e. The molecule has 1 aliphatic heterocycles. The van der Waals surface area contributed by atoms with Gasteiger partial charge in [0.1, 0.15) is 0 Å². The van der Waals surface area contributed by atoms with Crippen LogP contribution in [0, 0.1) is 12.8 Å². The maximum absolute atomic E-state index is 9.50. The van der Waals surface area contributed by atoms with Gasteiger partial charge in [-0.3, -0.25) is 20.1 Å². The summed E-state index contributed by atoms with van der Waals surface area (Å²) in [6.45, 7) is 21.5. The molecule has 0 spiro atoms. The number of halogens is 1. The van der Waals surface area contributed by atoms with Gasteiger partial charge in [0.2, 0.25) is 0 Å². The van der Waals surface area contributed by atoms with Gasteiger partial charge in [-0.2, -0.15) is 5.10 Å². The van der Waals surface area contributed by atoms with Gasteiger partial charge in [-0.15, -0.1) is 0 Å². The predicted molar refractivity (Wildman–Crippen MR) is 204 cm³/mol. The lowest BCUT2D eigenvalue weighted by Gasteiger charge is -2.41. The summed E-state index contributed by atoms with van der Waals surface area (Å²) in [6, 6.07) is 13.0. The Balaban J connectivity index is 0.000000961. The van der Waals surface area contributed by atoms with E-state index in [1.54, 1.807) is 6.21 Å². The Kier molecular flexibility index (Phi) is 18.9. The first kappa shape index (κ1) is 41.0. The van der Waals surface area contributed by atoms with Gasteiger partial charge in [-0.05, 0) is 98.9 Å². The van der Waals surface area contributed by atoms with Crippen LogP contribution in [0.1, 0.15) is 96.5 Å². The van der Waals surface area contributed by atoms with Crippen molar-refractivity contribution in [2.24, 2.45) is 11.0 Å². The van der Waals surface area contributed by atoms with Gasteiger partial charge in [-0.25, -0.2) is 0 Å². The van der Waals surface area contributed by atoms with E-state index in [4.69, 9.17) is 4.98 Å². The molecule has 0 fully saturated rings. The molecule has 256 valence electrons. The van der Waals surface area contributed by atoms with E-state index >= 15 is 0 Å². The molecule has 2 heterocycles. The normalized spacial score (nSPS) is 18.1. The number of hydrogen-bond acceptors (Lipinski definition) is 5. The second-order valence-corrected chi connectivity index (χ2v) is 11.8. The van der Waals surface area contributed by atoms with Gasteiger partial charge in [0, 0.05) is 36.3 Å². The maximum atomic E-state index is 9.50. The Labute approximate surface area is 285 Å². The number of nitrogens with zero attached hydrogens (tertiary/aromatic N) is 2. The molecule has 1 unspecified atom stereocenters. The summed E-state index contributed by atoms with van der Waals surface area (Å²) in [5.41, 5.74) is 10.3. The molecule has 2 aliphatic rings. The number of nitrogens with one attached hydrogen (secondary N) is 3. The Bertz CT molecular complexity index is 1380. The zero-order valence-corrected chi connectivity index (χ0v) is 30.6. The first-order valence-corrected chi connectivity index (χ1v) is 16.9.